The maximum absolute atomic E-state index is 12.8. The lowest BCUT2D eigenvalue weighted by Crippen LogP contribution is -1.97. The van der Waals surface area contributed by atoms with Crippen molar-refractivity contribution in [2.75, 3.05) is 0 Å². The average molecular weight is 222 g/mol. The fourth-order valence-electron chi connectivity index (χ4n) is 1.22. The van der Waals surface area contributed by atoms with Crippen molar-refractivity contribution in [1.29, 1.82) is 0 Å². The molecule has 0 radical (unpaired) electrons. The number of hydrogen-bond donors (Lipinski definition) is 0. The van der Waals surface area contributed by atoms with Crippen molar-refractivity contribution in [3.05, 3.63) is 54.1 Å². The van der Waals surface area contributed by atoms with Crippen LogP contribution in [-0.4, -0.2) is 9.97 Å². The van der Waals surface area contributed by atoms with Crippen molar-refractivity contribution in [2.45, 2.75) is 6.61 Å². The Labute approximate surface area is 90.7 Å². The van der Waals surface area contributed by atoms with Crippen molar-refractivity contribution < 1.29 is 13.5 Å². The number of rotatable bonds is 3. The van der Waals surface area contributed by atoms with Crippen molar-refractivity contribution in [1.82, 2.24) is 9.97 Å². The summed E-state index contributed by atoms with van der Waals surface area (Å²) >= 11 is 0. The van der Waals surface area contributed by atoms with Gasteiger partial charge in [0.1, 0.15) is 24.6 Å². The highest BCUT2D eigenvalue weighted by atomic mass is 19.1. The van der Waals surface area contributed by atoms with Crippen LogP contribution in [0, 0.1) is 11.6 Å². The van der Waals surface area contributed by atoms with E-state index in [9.17, 15) is 8.78 Å². The van der Waals surface area contributed by atoms with Crippen LogP contribution < -0.4 is 4.74 Å². The summed E-state index contributed by atoms with van der Waals surface area (Å²) in [6, 6.07) is 3.24. The number of ether oxygens (including phenoxy) is 1. The summed E-state index contributed by atoms with van der Waals surface area (Å²) in [6.45, 7) is 0.0715. The Morgan fingerprint density at radius 1 is 1.00 bits per heavy atom. The quantitative estimate of drug-likeness (QED) is 0.799. The Morgan fingerprint density at radius 2 is 1.62 bits per heavy atom. The molecule has 2 rings (SSSR count). The number of nitrogens with zero attached hydrogens (tertiary/aromatic N) is 2. The van der Waals surface area contributed by atoms with E-state index in [2.05, 4.69) is 9.97 Å². The van der Waals surface area contributed by atoms with Gasteiger partial charge in [0.2, 0.25) is 0 Å². The molecule has 0 aliphatic heterocycles. The molecule has 0 aliphatic rings. The Kier molecular flexibility index (Phi) is 3.05. The maximum atomic E-state index is 12.8. The standard InChI is InChI=1S/C11H8F2N2O/c12-9-1-8(2-10(13)3-9)6-16-11-4-14-7-15-5-11/h1-5,7H,6H2. The van der Waals surface area contributed by atoms with Crippen LogP contribution in [0.15, 0.2) is 36.9 Å². The van der Waals surface area contributed by atoms with Gasteiger partial charge in [-0.05, 0) is 17.7 Å². The van der Waals surface area contributed by atoms with Gasteiger partial charge in [0, 0.05) is 6.07 Å². The van der Waals surface area contributed by atoms with Crippen LogP contribution in [0.25, 0.3) is 0 Å². The molecule has 0 fully saturated rings. The van der Waals surface area contributed by atoms with Gasteiger partial charge in [0.25, 0.3) is 0 Å². The molecule has 0 saturated carbocycles. The van der Waals surface area contributed by atoms with E-state index in [4.69, 9.17) is 4.74 Å². The highest BCUT2D eigenvalue weighted by Gasteiger charge is 2.01. The molecular weight excluding hydrogens is 214 g/mol. The predicted octanol–water partition coefficient (Wildman–Crippen LogP) is 2.33. The SMILES string of the molecule is Fc1cc(F)cc(COc2cncnc2)c1. The minimum absolute atomic E-state index is 0.0715. The van der Waals surface area contributed by atoms with Crippen LogP contribution in [0.2, 0.25) is 0 Å². The number of halogens is 2. The normalized spacial score (nSPS) is 10.1. The Hall–Kier alpha value is -2.04. The first kappa shape index (κ1) is 10.5. The van der Waals surface area contributed by atoms with Crippen LogP contribution in [-0.2, 0) is 6.61 Å². The minimum Gasteiger partial charge on any atom is -0.486 e. The molecule has 0 spiro atoms. The van der Waals surface area contributed by atoms with Gasteiger partial charge in [-0.1, -0.05) is 0 Å². The molecule has 82 valence electrons. The Morgan fingerprint density at radius 3 is 2.25 bits per heavy atom. The molecular formula is C11H8F2N2O. The monoisotopic (exact) mass is 222 g/mol. The number of hydrogen-bond acceptors (Lipinski definition) is 3. The molecule has 3 nitrogen and oxygen atoms in total. The summed E-state index contributed by atoms with van der Waals surface area (Å²) in [6.07, 6.45) is 4.32. The maximum Gasteiger partial charge on any atom is 0.156 e. The van der Waals surface area contributed by atoms with E-state index in [1.54, 1.807) is 0 Å². The average Bonchev–Trinajstić information content (AvgIpc) is 2.27. The van der Waals surface area contributed by atoms with E-state index in [0.717, 1.165) is 6.07 Å². The first-order valence-corrected chi connectivity index (χ1v) is 4.57. The second-order valence-electron chi connectivity index (χ2n) is 3.14. The molecule has 0 aliphatic carbocycles. The summed E-state index contributed by atoms with van der Waals surface area (Å²) in [5.74, 6) is -0.794. The van der Waals surface area contributed by atoms with Crippen molar-refractivity contribution in [3.8, 4) is 5.75 Å². The van der Waals surface area contributed by atoms with E-state index in [1.807, 2.05) is 0 Å². The van der Waals surface area contributed by atoms with Gasteiger partial charge >= 0.3 is 0 Å². The molecule has 2 aromatic rings. The van der Waals surface area contributed by atoms with Crippen molar-refractivity contribution in [3.63, 3.8) is 0 Å². The predicted molar refractivity (Wildman–Crippen MR) is 52.7 cm³/mol. The molecule has 0 N–H and O–H groups in total. The first-order valence-electron chi connectivity index (χ1n) is 4.57. The van der Waals surface area contributed by atoms with Crippen LogP contribution >= 0.6 is 0 Å². The Balaban J connectivity index is 2.05. The zero-order chi connectivity index (χ0) is 11.4. The summed E-state index contributed by atoms with van der Waals surface area (Å²) in [5.41, 5.74) is 0.418. The van der Waals surface area contributed by atoms with Gasteiger partial charge in [0.15, 0.2) is 5.75 Å². The minimum atomic E-state index is -0.622. The summed E-state index contributed by atoms with van der Waals surface area (Å²) in [4.78, 5) is 7.50. The van der Waals surface area contributed by atoms with Crippen molar-refractivity contribution >= 4 is 0 Å². The van der Waals surface area contributed by atoms with E-state index < -0.39 is 11.6 Å². The fraction of sp³-hybridized carbons (Fsp3) is 0.0909. The highest BCUT2D eigenvalue weighted by molar-refractivity contribution is 5.18. The van der Waals surface area contributed by atoms with Gasteiger partial charge in [-0.25, -0.2) is 18.7 Å². The molecule has 0 atom stereocenters. The third-order valence-corrected chi connectivity index (χ3v) is 1.86. The lowest BCUT2D eigenvalue weighted by molar-refractivity contribution is 0.302. The van der Waals surface area contributed by atoms with Gasteiger partial charge in [-0.3, -0.25) is 0 Å². The van der Waals surface area contributed by atoms with Gasteiger partial charge in [-0.2, -0.15) is 0 Å². The highest BCUT2D eigenvalue weighted by Crippen LogP contribution is 2.11. The van der Waals surface area contributed by atoms with E-state index in [1.165, 1.54) is 30.9 Å². The van der Waals surface area contributed by atoms with Gasteiger partial charge in [-0.15, -0.1) is 0 Å². The molecule has 0 amide bonds. The smallest absolute Gasteiger partial charge is 0.156 e. The van der Waals surface area contributed by atoms with E-state index in [0.29, 0.717) is 11.3 Å². The van der Waals surface area contributed by atoms with Gasteiger partial charge in [0.05, 0.1) is 12.4 Å². The Bertz CT molecular complexity index is 456. The zero-order valence-electron chi connectivity index (χ0n) is 8.23. The first-order chi connectivity index (χ1) is 7.74. The van der Waals surface area contributed by atoms with Gasteiger partial charge < -0.3 is 4.74 Å². The van der Waals surface area contributed by atoms with Crippen LogP contribution in [0.3, 0.4) is 0 Å². The molecule has 1 aromatic carbocycles. The zero-order valence-corrected chi connectivity index (χ0v) is 8.23. The fourth-order valence-corrected chi connectivity index (χ4v) is 1.22. The van der Waals surface area contributed by atoms with Crippen LogP contribution in [0.5, 0.6) is 5.75 Å². The summed E-state index contributed by atoms with van der Waals surface area (Å²) in [7, 11) is 0. The molecule has 0 saturated heterocycles. The second kappa shape index (κ2) is 4.65. The van der Waals surface area contributed by atoms with Crippen molar-refractivity contribution in [2.24, 2.45) is 0 Å². The summed E-state index contributed by atoms with van der Waals surface area (Å²) < 4.78 is 30.9. The largest absolute Gasteiger partial charge is 0.486 e. The summed E-state index contributed by atoms with van der Waals surface area (Å²) in [5, 5.41) is 0. The molecule has 0 unspecified atom stereocenters. The topological polar surface area (TPSA) is 35.0 Å². The molecule has 0 bridgehead atoms. The lowest BCUT2D eigenvalue weighted by Gasteiger charge is -2.05. The van der Waals surface area contributed by atoms with E-state index >= 15 is 0 Å². The second-order valence-corrected chi connectivity index (χ2v) is 3.14. The molecule has 5 heteroatoms. The molecule has 16 heavy (non-hydrogen) atoms. The third-order valence-electron chi connectivity index (χ3n) is 1.86. The third kappa shape index (κ3) is 2.73. The molecule has 1 heterocycles. The molecule has 1 aromatic heterocycles. The number of benzene rings is 1. The lowest BCUT2D eigenvalue weighted by atomic mass is 10.2. The van der Waals surface area contributed by atoms with Crippen LogP contribution in [0.1, 0.15) is 5.56 Å². The van der Waals surface area contributed by atoms with Crippen LogP contribution in [0.4, 0.5) is 8.78 Å². The number of aromatic nitrogens is 2. The van der Waals surface area contributed by atoms with E-state index in [-0.39, 0.29) is 6.61 Å².